The number of rotatable bonds is 5. The van der Waals surface area contributed by atoms with Crippen LogP contribution in [0.5, 0.6) is 0 Å². The predicted molar refractivity (Wildman–Crippen MR) is 84.1 cm³/mol. The molecule has 20 heavy (non-hydrogen) atoms. The zero-order chi connectivity index (χ0) is 14.5. The lowest BCUT2D eigenvalue weighted by Gasteiger charge is -2.41. The van der Waals surface area contributed by atoms with Gasteiger partial charge in [-0.15, -0.1) is 0 Å². The SMILES string of the molecule is CCc1ccc(CC(NC)C2CN(C)CCN2C)nc1. The van der Waals surface area contributed by atoms with Crippen LogP contribution in [0.15, 0.2) is 18.3 Å². The summed E-state index contributed by atoms with van der Waals surface area (Å²) in [5.41, 5.74) is 2.49. The molecule has 4 nitrogen and oxygen atoms in total. The van der Waals surface area contributed by atoms with Crippen LogP contribution in [-0.4, -0.2) is 67.6 Å². The van der Waals surface area contributed by atoms with Crippen LogP contribution < -0.4 is 5.32 Å². The number of hydrogen-bond donors (Lipinski definition) is 1. The maximum atomic E-state index is 4.60. The van der Waals surface area contributed by atoms with Gasteiger partial charge in [-0.25, -0.2) is 0 Å². The first-order valence-electron chi connectivity index (χ1n) is 7.64. The number of hydrogen-bond acceptors (Lipinski definition) is 4. The minimum Gasteiger partial charge on any atom is -0.315 e. The van der Waals surface area contributed by atoms with Crippen LogP contribution in [0.3, 0.4) is 0 Å². The van der Waals surface area contributed by atoms with Gasteiger partial charge in [0, 0.05) is 50.0 Å². The minimum atomic E-state index is 0.447. The fraction of sp³-hybridized carbons (Fsp3) is 0.688. The Hall–Kier alpha value is -0.970. The van der Waals surface area contributed by atoms with Gasteiger partial charge in [-0.1, -0.05) is 13.0 Å². The molecule has 2 unspecified atom stereocenters. The quantitative estimate of drug-likeness (QED) is 0.870. The van der Waals surface area contributed by atoms with E-state index in [1.54, 1.807) is 0 Å². The average molecular weight is 276 g/mol. The number of nitrogens with zero attached hydrogens (tertiary/aromatic N) is 3. The number of aromatic nitrogens is 1. The Labute approximate surface area is 123 Å². The van der Waals surface area contributed by atoms with Gasteiger partial charge >= 0.3 is 0 Å². The molecular formula is C16H28N4. The van der Waals surface area contributed by atoms with Crippen molar-refractivity contribution in [3.63, 3.8) is 0 Å². The summed E-state index contributed by atoms with van der Waals surface area (Å²) in [5.74, 6) is 0. The number of pyridine rings is 1. The third-order valence-electron chi connectivity index (χ3n) is 4.46. The van der Waals surface area contributed by atoms with Crippen molar-refractivity contribution in [2.75, 3.05) is 40.8 Å². The molecule has 0 amide bonds. The van der Waals surface area contributed by atoms with Crippen LogP contribution in [0.2, 0.25) is 0 Å². The summed E-state index contributed by atoms with van der Waals surface area (Å²) in [6, 6.07) is 5.37. The van der Waals surface area contributed by atoms with Gasteiger partial charge in [0.2, 0.25) is 0 Å². The fourth-order valence-electron chi connectivity index (χ4n) is 2.92. The van der Waals surface area contributed by atoms with Gasteiger partial charge in [0.25, 0.3) is 0 Å². The summed E-state index contributed by atoms with van der Waals surface area (Å²) in [6.07, 6.45) is 4.06. The van der Waals surface area contributed by atoms with Crippen LogP contribution in [0.1, 0.15) is 18.2 Å². The molecule has 1 fully saturated rings. The Bertz CT molecular complexity index is 403. The lowest BCUT2D eigenvalue weighted by atomic mass is 9.99. The Morgan fingerprint density at radius 2 is 2.15 bits per heavy atom. The van der Waals surface area contributed by atoms with Crippen molar-refractivity contribution >= 4 is 0 Å². The Morgan fingerprint density at radius 3 is 2.75 bits per heavy atom. The van der Waals surface area contributed by atoms with E-state index in [9.17, 15) is 0 Å². The van der Waals surface area contributed by atoms with Gasteiger partial charge in [-0.2, -0.15) is 0 Å². The summed E-state index contributed by atoms with van der Waals surface area (Å²) in [6.45, 7) is 5.59. The van der Waals surface area contributed by atoms with Gasteiger partial charge in [0.15, 0.2) is 0 Å². The topological polar surface area (TPSA) is 31.4 Å². The second-order valence-electron chi connectivity index (χ2n) is 5.92. The van der Waals surface area contributed by atoms with Crippen LogP contribution >= 0.6 is 0 Å². The molecule has 1 N–H and O–H groups in total. The van der Waals surface area contributed by atoms with Crippen molar-refractivity contribution in [3.05, 3.63) is 29.6 Å². The van der Waals surface area contributed by atoms with E-state index in [0.717, 1.165) is 32.5 Å². The van der Waals surface area contributed by atoms with Crippen molar-refractivity contribution in [1.82, 2.24) is 20.1 Å². The smallest absolute Gasteiger partial charge is 0.0419 e. The normalized spacial score (nSPS) is 22.9. The van der Waals surface area contributed by atoms with E-state index in [0.29, 0.717) is 12.1 Å². The lowest BCUT2D eigenvalue weighted by molar-refractivity contribution is 0.0895. The first-order valence-corrected chi connectivity index (χ1v) is 7.64. The minimum absolute atomic E-state index is 0.447. The monoisotopic (exact) mass is 276 g/mol. The molecule has 1 saturated heterocycles. The molecule has 1 aliphatic rings. The van der Waals surface area contributed by atoms with E-state index < -0.39 is 0 Å². The van der Waals surface area contributed by atoms with Gasteiger partial charge in [-0.05, 0) is 39.2 Å². The third kappa shape index (κ3) is 3.78. The standard InChI is InChI=1S/C16H28N4/c1-5-13-6-7-14(18-11-13)10-15(17-2)16-12-19(3)8-9-20(16)4/h6-7,11,15-17H,5,8-10,12H2,1-4H3. The Kier molecular flexibility index (Phi) is 5.52. The van der Waals surface area contributed by atoms with E-state index in [4.69, 9.17) is 0 Å². The molecule has 0 radical (unpaired) electrons. The van der Waals surface area contributed by atoms with E-state index in [1.807, 2.05) is 6.20 Å². The lowest BCUT2D eigenvalue weighted by Crippen LogP contribution is -2.58. The maximum absolute atomic E-state index is 4.60. The molecular weight excluding hydrogens is 248 g/mol. The number of likely N-dealkylation sites (N-methyl/N-ethyl adjacent to an activating group) is 3. The summed E-state index contributed by atoms with van der Waals surface area (Å²) in [7, 11) is 6.50. The number of piperazine rings is 1. The van der Waals surface area contributed by atoms with Gasteiger partial charge in [0.05, 0.1) is 0 Å². The van der Waals surface area contributed by atoms with Crippen molar-refractivity contribution in [2.45, 2.75) is 31.8 Å². The highest BCUT2D eigenvalue weighted by Crippen LogP contribution is 2.13. The van der Waals surface area contributed by atoms with Crippen molar-refractivity contribution in [2.24, 2.45) is 0 Å². The molecule has 0 bridgehead atoms. The first kappa shape index (κ1) is 15.4. The van der Waals surface area contributed by atoms with E-state index in [2.05, 4.69) is 60.3 Å². The summed E-state index contributed by atoms with van der Waals surface area (Å²) < 4.78 is 0. The molecule has 112 valence electrons. The van der Waals surface area contributed by atoms with E-state index in [-0.39, 0.29) is 0 Å². The van der Waals surface area contributed by atoms with Gasteiger partial charge in [0.1, 0.15) is 0 Å². The highest BCUT2D eigenvalue weighted by atomic mass is 15.3. The summed E-state index contributed by atoms with van der Waals surface area (Å²) >= 11 is 0. The second-order valence-corrected chi connectivity index (χ2v) is 5.92. The van der Waals surface area contributed by atoms with Crippen molar-refractivity contribution in [1.29, 1.82) is 0 Å². The van der Waals surface area contributed by atoms with Crippen LogP contribution in [0.4, 0.5) is 0 Å². The Balaban J connectivity index is 2.03. The number of nitrogens with one attached hydrogen (secondary N) is 1. The van der Waals surface area contributed by atoms with E-state index in [1.165, 1.54) is 11.3 Å². The van der Waals surface area contributed by atoms with Crippen LogP contribution in [0.25, 0.3) is 0 Å². The summed E-state index contributed by atoms with van der Waals surface area (Å²) in [5, 5.41) is 3.49. The zero-order valence-electron chi connectivity index (χ0n) is 13.3. The molecule has 0 spiro atoms. The van der Waals surface area contributed by atoms with Crippen molar-refractivity contribution in [3.8, 4) is 0 Å². The maximum Gasteiger partial charge on any atom is 0.0419 e. The highest BCUT2D eigenvalue weighted by molar-refractivity contribution is 5.15. The molecule has 1 aliphatic heterocycles. The second kappa shape index (κ2) is 7.16. The first-order chi connectivity index (χ1) is 9.63. The predicted octanol–water partition coefficient (Wildman–Crippen LogP) is 1.02. The molecule has 2 heterocycles. The molecule has 2 rings (SSSR count). The molecule has 0 saturated carbocycles. The molecule has 0 aromatic carbocycles. The third-order valence-corrected chi connectivity index (χ3v) is 4.46. The van der Waals surface area contributed by atoms with Crippen LogP contribution in [-0.2, 0) is 12.8 Å². The van der Waals surface area contributed by atoms with Gasteiger partial charge in [-0.3, -0.25) is 9.88 Å². The molecule has 1 aromatic rings. The molecule has 1 aromatic heterocycles. The van der Waals surface area contributed by atoms with E-state index >= 15 is 0 Å². The highest BCUT2D eigenvalue weighted by Gasteiger charge is 2.29. The number of aryl methyl sites for hydroxylation is 1. The molecule has 2 atom stereocenters. The zero-order valence-corrected chi connectivity index (χ0v) is 13.3. The Morgan fingerprint density at radius 1 is 1.35 bits per heavy atom. The summed E-state index contributed by atoms with van der Waals surface area (Å²) in [4.78, 5) is 9.50. The fourth-order valence-corrected chi connectivity index (χ4v) is 2.92. The van der Waals surface area contributed by atoms with Crippen LogP contribution in [0, 0.1) is 0 Å². The largest absolute Gasteiger partial charge is 0.315 e. The average Bonchev–Trinajstić information content (AvgIpc) is 2.48. The van der Waals surface area contributed by atoms with Gasteiger partial charge < -0.3 is 10.2 Å². The molecule has 0 aliphatic carbocycles. The van der Waals surface area contributed by atoms with Crippen molar-refractivity contribution < 1.29 is 0 Å². The molecule has 4 heteroatoms.